The zero-order chi connectivity index (χ0) is 15.5. The van der Waals surface area contributed by atoms with Gasteiger partial charge in [0, 0.05) is 6.54 Å². The third-order valence-corrected chi connectivity index (χ3v) is 2.72. The van der Waals surface area contributed by atoms with Crippen LogP contribution in [-0.2, 0) is 12.7 Å². The summed E-state index contributed by atoms with van der Waals surface area (Å²) in [6, 6.07) is 9.18. The second-order valence-corrected chi connectivity index (χ2v) is 4.26. The van der Waals surface area contributed by atoms with Gasteiger partial charge < -0.3 is 10.4 Å². The van der Waals surface area contributed by atoms with Crippen LogP contribution in [0, 0.1) is 0 Å². The Kier molecular flexibility index (Phi) is 4.11. The van der Waals surface area contributed by atoms with Crippen LogP contribution < -0.4 is 5.32 Å². The summed E-state index contributed by atoms with van der Waals surface area (Å²) in [5, 5.41) is 11.7. The van der Waals surface area contributed by atoms with Crippen LogP contribution in [0.2, 0.25) is 0 Å². The first-order chi connectivity index (χ1) is 9.86. The summed E-state index contributed by atoms with van der Waals surface area (Å²) in [4.78, 5) is 14.6. The van der Waals surface area contributed by atoms with Crippen molar-refractivity contribution in [3.8, 4) is 0 Å². The van der Waals surface area contributed by atoms with Gasteiger partial charge in [-0.2, -0.15) is 13.2 Å². The Bertz CT molecular complexity index is 639. The summed E-state index contributed by atoms with van der Waals surface area (Å²) in [6.07, 6.45) is -4.36. The SMILES string of the molecule is O=C(O)c1cccc(NCc2ccc(C(F)(F)F)cc2)n1. The largest absolute Gasteiger partial charge is 0.477 e. The molecule has 2 N–H and O–H groups in total. The molecule has 21 heavy (non-hydrogen) atoms. The molecule has 0 aliphatic carbocycles. The second kappa shape index (κ2) is 5.82. The Labute approximate surface area is 118 Å². The van der Waals surface area contributed by atoms with Crippen LogP contribution in [0.15, 0.2) is 42.5 Å². The number of hydrogen-bond acceptors (Lipinski definition) is 3. The lowest BCUT2D eigenvalue weighted by molar-refractivity contribution is -0.137. The Morgan fingerprint density at radius 2 is 1.81 bits per heavy atom. The van der Waals surface area contributed by atoms with Crippen LogP contribution in [0.3, 0.4) is 0 Å². The molecule has 0 radical (unpaired) electrons. The summed E-state index contributed by atoms with van der Waals surface area (Å²) >= 11 is 0. The predicted molar refractivity (Wildman–Crippen MR) is 70.0 cm³/mol. The topological polar surface area (TPSA) is 62.2 Å². The van der Waals surface area contributed by atoms with E-state index in [9.17, 15) is 18.0 Å². The molecule has 0 bridgehead atoms. The highest BCUT2D eigenvalue weighted by Gasteiger charge is 2.29. The van der Waals surface area contributed by atoms with Gasteiger partial charge >= 0.3 is 12.1 Å². The normalized spacial score (nSPS) is 11.2. The van der Waals surface area contributed by atoms with Crippen LogP contribution >= 0.6 is 0 Å². The molecule has 0 spiro atoms. The zero-order valence-corrected chi connectivity index (χ0v) is 10.7. The highest BCUT2D eigenvalue weighted by molar-refractivity contribution is 5.85. The summed E-state index contributed by atoms with van der Waals surface area (Å²) in [5.74, 6) is -0.803. The van der Waals surface area contributed by atoms with E-state index in [1.165, 1.54) is 24.3 Å². The Morgan fingerprint density at radius 1 is 1.14 bits per heavy atom. The molecule has 0 atom stereocenters. The number of pyridine rings is 1. The number of aromatic carboxylic acids is 1. The third kappa shape index (κ3) is 3.95. The molecular weight excluding hydrogens is 285 g/mol. The van der Waals surface area contributed by atoms with Crippen molar-refractivity contribution < 1.29 is 23.1 Å². The van der Waals surface area contributed by atoms with Gasteiger partial charge in [-0.25, -0.2) is 9.78 Å². The van der Waals surface area contributed by atoms with Crippen LogP contribution in [0.5, 0.6) is 0 Å². The van der Waals surface area contributed by atoms with Gasteiger partial charge in [0.05, 0.1) is 5.56 Å². The van der Waals surface area contributed by atoms with Crippen LogP contribution in [0.1, 0.15) is 21.6 Å². The third-order valence-electron chi connectivity index (χ3n) is 2.72. The van der Waals surface area contributed by atoms with Crippen molar-refractivity contribution in [1.29, 1.82) is 0 Å². The fourth-order valence-corrected chi connectivity index (χ4v) is 1.66. The summed E-state index contributed by atoms with van der Waals surface area (Å²) in [6.45, 7) is 0.244. The molecule has 7 heteroatoms. The molecule has 0 aliphatic heterocycles. The predicted octanol–water partition coefficient (Wildman–Crippen LogP) is 3.41. The fraction of sp³-hybridized carbons (Fsp3) is 0.143. The lowest BCUT2D eigenvalue weighted by Gasteiger charge is -2.09. The van der Waals surface area contributed by atoms with Crippen molar-refractivity contribution >= 4 is 11.8 Å². The molecule has 0 aliphatic rings. The average molecular weight is 296 g/mol. The molecule has 2 rings (SSSR count). The van der Waals surface area contributed by atoms with E-state index in [-0.39, 0.29) is 12.2 Å². The number of nitrogens with one attached hydrogen (secondary N) is 1. The van der Waals surface area contributed by atoms with Gasteiger partial charge in [0.15, 0.2) is 5.69 Å². The number of halogens is 3. The maximum atomic E-state index is 12.4. The average Bonchev–Trinajstić information content (AvgIpc) is 2.45. The van der Waals surface area contributed by atoms with Crippen molar-refractivity contribution in [3.05, 3.63) is 59.3 Å². The molecule has 110 valence electrons. The molecule has 0 saturated carbocycles. The number of anilines is 1. The van der Waals surface area contributed by atoms with Gasteiger partial charge in [-0.05, 0) is 29.8 Å². The van der Waals surface area contributed by atoms with Crippen LogP contribution in [-0.4, -0.2) is 16.1 Å². The highest BCUT2D eigenvalue weighted by atomic mass is 19.4. The zero-order valence-electron chi connectivity index (χ0n) is 10.7. The fourth-order valence-electron chi connectivity index (χ4n) is 1.66. The number of hydrogen-bond donors (Lipinski definition) is 2. The van der Waals surface area contributed by atoms with Crippen molar-refractivity contribution in [2.24, 2.45) is 0 Å². The minimum Gasteiger partial charge on any atom is -0.477 e. The number of aromatic nitrogens is 1. The molecular formula is C14H11F3N2O2. The molecule has 1 aromatic carbocycles. The van der Waals surface area contributed by atoms with E-state index in [0.29, 0.717) is 11.4 Å². The Balaban J connectivity index is 2.03. The molecule has 0 saturated heterocycles. The quantitative estimate of drug-likeness (QED) is 0.907. The highest BCUT2D eigenvalue weighted by Crippen LogP contribution is 2.29. The van der Waals surface area contributed by atoms with Crippen molar-refractivity contribution in [2.75, 3.05) is 5.32 Å². The van der Waals surface area contributed by atoms with E-state index in [1.54, 1.807) is 6.07 Å². The number of alkyl halides is 3. The van der Waals surface area contributed by atoms with E-state index in [4.69, 9.17) is 5.11 Å². The van der Waals surface area contributed by atoms with Crippen molar-refractivity contribution in [3.63, 3.8) is 0 Å². The summed E-state index contributed by atoms with van der Waals surface area (Å²) < 4.78 is 37.2. The van der Waals surface area contributed by atoms with Gasteiger partial charge in [0.1, 0.15) is 5.82 Å². The number of carboxylic acid groups (broad SMARTS) is 1. The number of nitrogens with zero attached hydrogens (tertiary/aromatic N) is 1. The van der Waals surface area contributed by atoms with E-state index in [0.717, 1.165) is 12.1 Å². The maximum absolute atomic E-state index is 12.4. The van der Waals surface area contributed by atoms with Crippen molar-refractivity contribution in [2.45, 2.75) is 12.7 Å². The number of rotatable bonds is 4. The molecule has 0 fully saturated rings. The molecule has 0 unspecified atom stereocenters. The molecule has 0 amide bonds. The number of carboxylic acids is 1. The van der Waals surface area contributed by atoms with Crippen molar-refractivity contribution in [1.82, 2.24) is 4.98 Å². The van der Waals surface area contributed by atoms with Gasteiger partial charge in [0.25, 0.3) is 0 Å². The summed E-state index contributed by atoms with van der Waals surface area (Å²) in [7, 11) is 0. The first kappa shape index (κ1) is 14.8. The van der Waals surface area contributed by atoms with Gasteiger partial charge in [-0.3, -0.25) is 0 Å². The molecule has 2 aromatic rings. The minimum atomic E-state index is -4.36. The minimum absolute atomic E-state index is 0.104. The second-order valence-electron chi connectivity index (χ2n) is 4.26. The lowest BCUT2D eigenvalue weighted by Crippen LogP contribution is -2.07. The lowest BCUT2D eigenvalue weighted by atomic mass is 10.1. The van der Waals surface area contributed by atoms with Crippen LogP contribution in [0.4, 0.5) is 19.0 Å². The van der Waals surface area contributed by atoms with Gasteiger partial charge in [0.2, 0.25) is 0 Å². The van der Waals surface area contributed by atoms with Crippen LogP contribution in [0.25, 0.3) is 0 Å². The maximum Gasteiger partial charge on any atom is 0.416 e. The monoisotopic (exact) mass is 296 g/mol. The standard InChI is InChI=1S/C14H11F3N2O2/c15-14(16,17)10-6-4-9(5-7-10)8-18-12-3-1-2-11(19-12)13(20)21/h1-7H,8H2,(H,18,19)(H,20,21). The van der Waals surface area contributed by atoms with E-state index in [2.05, 4.69) is 10.3 Å². The Hall–Kier alpha value is -2.57. The molecule has 1 aromatic heterocycles. The first-order valence-electron chi connectivity index (χ1n) is 5.96. The van der Waals surface area contributed by atoms with E-state index >= 15 is 0 Å². The van der Waals surface area contributed by atoms with E-state index < -0.39 is 17.7 Å². The Morgan fingerprint density at radius 3 is 2.38 bits per heavy atom. The molecule has 1 heterocycles. The van der Waals surface area contributed by atoms with E-state index in [1.807, 2.05) is 0 Å². The molecule has 4 nitrogen and oxygen atoms in total. The van der Waals surface area contributed by atoms with Gasteiger partial charge in [-0.15, -0.1) is 0 Å². The first-order valence-corrected chi connectivity index (χ1v) is 5.96. The number of carbonyl (C=O) groups is 1. The smallest absolute Gasteiger partial charge is 0.416 e. The number of benzene rings is 1. The van der Waals surface area contributed by atoms with Gasteiger partial charge in [-0.1, -0.05) is 18.2 Å². The summed E-state index contributed by atoms with van der Waals surface area (Å²) in [5.41, 5.74) is -0.185.